The Morgan fingerprint density at radius 3 is 3.00 bits per heavy atom. The summed E-state index contributed by atoms with van der Waals surface area (Å²) in [6, 6.07) is 8.11. The molecule has 0 unspecified atom stereocenters. The van der Waals surface area contributed by atoms with Crippen LogP contribution >= 0.6 is 15.9 Å². The van der Waals surface area contributed by atoms with Crippen LogP contribution in [0.1, 0.15) is 5.56 Å². The van der Waals surface area contributed by atoms with Gasteiger partial charge < -0.3 is 5.32 Å². The minimum absolute atomic E-state index is 0.828. The van der Waals surface area contributed by atoms with Crippen molar-refractivity contribution in [2.45, 2.75) is 6.54 Å². The second-order valence-electron chi connectivity index (χ2n) is 3.25. The molecule has 78 valence electrons. The van der Waals surface area contributed by atoms with Gasteiger partial charge in [0.2, 0.25) is 0 Å². The van der Waals surface area contributed by atoms with E-state index in [9.17, 15) is 0 Å². The fourth-order valence-electron chi connectivity index (χ4n) is 1.52. The van der Waals surface area contributed by atoms with Gasteiger partial charge in [-0.2, -0.15) is 5.10 Å². The highest BCUT2D eigenvalue weighted by Crippen LogP contribution is 2.19. The Balaban J connectivity index is 2.46. The van der Waals surface area contributed by atoms with E-state index in [-0.39, 0.29) is 0 Å². The van der Waals surface area contributed by atoms with Crippen LogP contribution in [0.3, 0.4) is 0 Å². The van der Waals surface area contributed by atoms with Gasteiger partial charge in [-0.05, 0) is 36.9 Å². The number of hydrogen-bond acceptors (Lipinski definition) is 2. The minimum Gasteiger partial charge on any atom is -0.316 e. The van der Waals surface area contributed by atoms with Crippen LogP contribution in [0.15, 0.2) is 41.1 Å². The van der Waals surface area contributed by atoms with Crippen LogP contribution in [0, 0.1) is 0 Å². The fourth-order valence-corrected chi connectivity index (χ4v) is 1.93. The maximum atomic E-state index is 4.23. The van der Waals surface area contributed by atoms with Crippen molar-refractivity contribution in [3.05, 3.63) is 46.7 Å². The number of aromatic nitrogens is 2. The van der Waals surface area contributed by atoms with Crippen molar-refractivity contribution in [2.24, 2.45) is 0 Å². The van der Waals surface area contributed by atoms with Gasteiger partial charge in [0.1, 0.15) is 0 Å². The van der Waals surface area contributed by atoms with Crippen LogP contribution in [0.25, 0.3) is 5.69 Å². The topological polar surface area (TPSA) is 29.9 Å². The van der Waals surface area contributed by atoms with Gasteiger partial charge in [-0.15, -0.1) is 0 Å². The third-order valence-corrected chi connectivity index (χ3v) is 2.65. The Labute approximate surface area is 97.2 Å². The Morgan fingerprint density at radius 2 is 2.33 bits per heavy atom. The Hall–Kier alpha value is -1.13. The monoisotopic (exact) mass is 265 g/mol. The summed E-state index contributed by atoms with van der Waals surface area (Å²) in [5.41, 5.74) is 2.33. The van der Waals surface area contributed by atoms with Crippen LogP contribution in [0.2, 0.25) is 0 Å². The van der Waals surface area contributed by atoms with E-state index in [2.05, 4.69) is 38.5 Å². The predicted molar refractivity (Wildman–Crippen MR) is 64.0 cm³/mol. The van der Waals surface area contributed by atoms with Crippen LogP contribution < -0.4 is 5.32 Å². The SMILES string of the molecule is CNCc1cc(Br)ccc1-n1cccn1. The van der Waals surface area contributed by atoms with Crippen molar-refractivity contribution in [1.29, 1.82) is 0 Å². The van der Waals surface area contributed by atoms with Gasteiger partial charge in [0, 0.05) is 23.4 Å². The quantitative estimate of drug-likeness (QED) is 0.924. The predicted octanol–water partition coefficient (Wildman–Crippen LogP) is 2.35. The van der Waals surface area contributed by atoms with Crippen molar-refractivity contribution in [3.63, 3.8) is 0 Å². The number of rotatable bonds is 3. The second-order valence-corrected chi connectivity index (χ2v) is 4.17. The largest absolute Gasteiger partial charge is 0.316 e. The van der Waals surface area contributed by atoms with E-state index in [4.69, 9.17) is 0 Å². The molecule has 0 bridgehead atoms. The summed E-state index contributed by atoms with van der Waals surface area (Å²) in [4.78, 5) is 0. The molecule has 15 heavy (non-hydrogen) atoms. The molecule has 0 spiro atoms. The molecular formula is C11H12BrN3. The van der Waals surface area contributed by atoms with Crippen molar-refractivity contribution >= 4 is 15.9 Å². The van der Waals surface area contributed by atoms with Gasteiger partial charge in [-0.1, -0.05) is 15.9 Å². The van der Waals surface area contributed by atoms with Crippen molar-refractivity contribution in [1.82, 2.24) is 15.1 Å². The van der Waals surface area contributed by atoms with Crippen LogP contribution in [-0.4, -0.2) is 16.8 Å². The van der Waals surface area contributed by atoms with Gasteiger partial charge in [-0.25, -0.2) is 4.68 Å². The van der Waals surface area contributed by atoms with E-state index in [1.807, 2.05) is 30.1 Å². The lowest BCUT2D eigenvalue weighted by Gasteiger charge is -2.09. The molecule has 0 atom stereocenters. The molecule has 1 heterocycles. The van der Waals surface area contributed by atoms with Crippen LogP contribution in [0.4, 0.5) is 0 Å². The first-order chi connectivity index (χ1) is 7.31. The van der Waals surface area contributed by atoms with Gasteiger partial charge in [0.15, 0.2) is 0 Å². The molecule has 3 nitrogen and oxygen atoms in total. The Morgan fingerprint density at radius 1 is 1.47 bits per heavy atom. The maximum absolute atomic E-state index is 4.23. The van der Waals surface area contributed by atoms with Gasteiger partial charge in [-0.3, -0.25) is 0 Å². The number of hydrogen-bond donors (Lipinski definition) is 1. The Bertz CT molecular complexity index is 437. The molecule has 0 saturated carbocycles. The summed E-state index contributed by atoms with van der Waals surface area (Å²) in [6.07, 6.45) is 3.73. The normalized spacial score (nSPS) is 10.5. The summed E-state index contributed by atoms with van der Waals surface area (Å²) in [7, 11) is 1.94. The van der Waals surface area contributed by atoms with Gasteiger partial charge in [0.05, 0.1) is 5.69 Å². The molecule has 0 aliphatic heterocycles. The number of halogens is 1. The zero-order valence-corrected chi connectivity index (χ0v) is 10.0. The molecule has 0 saturated heterocycles. The number of nitrogens with zero attached hydrogens (tertiary/aromatic N) is 2. The van der Waals surface area contributed by atoms with E-state index in [0.29, 0.717) is 0 Å². The average molecular weight is 266 g/mol. The molecule has 0 amide bonds. The smallest absolute Gasteiger partial charge is 0.0691 e. The van der Waals surface area contributed by atoms with E-state index < -0.39 is 0 Å². The standard InChI is InChI=1S/C11H12BrN3/c1-13-8-9-7-10(12)3-4-11(9)15-6-2-5-14-15/h2-7,13H,8H2,1H3. The molecular weight excluding hydrogens is 254 g/mol. The van der Waals surface area contributed by atoms with Gasteiger partial charge in [0.25, 0.3) is 0 Å². The van der Waals surface area contributed by atoms with Crippen LogP contribution in [-0.2, 0) is 6.54 Å². The first-order valence-corrected chi connectivity index (χ1v) is 5.53. The molecule has 2 rings (SSSR count). The van der Waals surface area contributed by atoms with Crippen LogP contribution in [0.5, 0.6) is 0 Å². The summed E-state index contributed by atoms with van der Waals surface area (Å²) < 4.78 is 2.96. The molecule has 0 aliphatic rings. The van der Waals surface area contributed by atoms with E-state index in [0.717, 1.165) is 16.7 Å². The lowest BCUT2D eigenvalue weighted by atomic mass is 10.2. The summed E-state index contributed by atoms with van der Waals surface area (Å²) in [5, 5.41) is 7.38. The maximum Gasteiger partial charge on any atom is 0.0691 e. The third-order valence-electron chi connectivity index (χ3n) is 2.16. The summed E-state index contributed by atoms with van der Waals surface area (Å²) >= 11 is 3.47. The van der Waals surface area contributed by atoms with Crippen molar-refractivity contribution in [2.75, 3.05) is 7.05 Å². The first-order valence-electron chi connectivity index (χ1n) is 4.74. The van der Waals surface area contributed by atoms with E-state index in [1.54, 1.807) is 6.20 Å². The van der Waals surface area contributed by atoms with Crippen molar-refractivity contribution in [3.8, 4) is 5.69 Å². The number of nitrogens with one attached hydrogen (secondary N) is 1. The summed E-state index contributed by atoms with van der Waals surface area (Å²) in [5.74, 6) is 0. The summed E-state index contributed by atoms with van der Waals surface area (Å²) in [6.45, 7) is 0.828. The highest BCUT2D eigenvalue weighted by atomic mass is 79.9. The lowest BCUT2D eigenvalue weighted by Crippen LogP contribution is -2.09. The third kappa shape index (κ3) is 2.27. The van der Waals surface area contributed by atoms with Crippen molar-refractivity contribution < 1.29 is 0 Å². The van der Waals surface area contributed by atoms with E-state index >= 15 is 0 Å². The lowest BCUT2D eigenvalue weighted by molar-refractivity contribution is 0.788. The molecule has 0 aliphatic carbocycles. The minimum atomic E-state index is 0.828. The highest BCUT2D eigenvalue weighted by molar-refractivity contribution is 9.10. The number of benzene rings is 1. The zero-order valence-electron chi connectivity index (χ0n) is 8.44. The molecule has 0 fully saturated rings. The second kappa shape index (κ2) is 4.59. The van der Waals surface area contributed by atoms with Gasteiger partial charge >= 0.3 is 0 Å². The average Bonchev–Trinajstić information content (AvgIpc) is 2.71. The molecule has 1 N–H and O–H groups in total. The first kappa shape index (κ1) is 10.4. The fraction of sp³-hybridized carbons (Fsp3) is 0.182. The highest BCUT2D eigenvalue weighted by Gasteiger charge is 2.04. The molecule has 2 aromatic rings. The Kier molecular flexibility index (Phi) is 3.18. The molecule has 4 heteroatoms. The zero-order chi connectivity index (χ0) is 10.7. The molecule has 1 aromatic carbocycles. The molecule has 0 radical (unpaired) electrons. The van der Waals surface area contributed by atoms with E-state index in [1.165, 1.54) is 5.56 Å². The molecule has 1 aromatic heterocycles.